The van der Waals surface area contributed by atoms with Crippen molar-refractivity contribution in [3.8, 4) is 0 Å². The van der Waals surface area contributed by atoms with Crippen LogP contribution in [0.25, 0.3) is 0 Å². The van der Waals surface area contributed by atoms with Gasteiger partial charge in [-0.05, 0) is 26.0 Å². The molecule has 0 fully saturated rings. The van der Waals surface area contributed by atoms with Gasteiger partial charge in [-0.15, -0.1) is 0 Å². The summed E-state index contributed by atoms with van der Waals surface area (Å²) in [5, 5.41) is 0. The van der Waals surface area contributed by atoms with Crippen molar-refractivity contribution >= 4 is 0 Å². The molecule has 0 aliphatic carbocycles. The lowest BCUT2D eigenvalue weighted by molar-refractivity contribution is 0.856. The van der Waals surface area contributed by atoms with E-state index in [0.29, 0.717) is 0 Å². The van der Waals surface area contributed by atoms with E-state index in [-0.39, 0.29) is 0 Å². The fourth-order valence-electron chi connectivity index (χ4n) is 1.02. The third-order valence-electron chi connectivity index (χ3n) is 1.77. The fraction of sp³-hybridized carbons (Fsp3) is 0.400. The van der Waals surface area contributed by atoms with Crippen LogP contribution in [0.2, 0.25) is 0 Å². The molecule has 0 atom stereocenters. The second-order valence-corrected chi connectivity index (χ2v) is 3.10. The minimum absolute atomic E-state index is 1.05. The second kappa shape index (κ2) is 3.42. The summed E-state index contributed by atoms with van der Waals surface area (Å²) in [6.45, 7) is 4.26. The summed E-state index contributed by atoms with van der Waals surface area (Å²) >= 11 is 0. The first-order valence-corrected chi connectivity index (χ1v) is 3.93. The topological polar surface area (TPSA) is 4.93 Å². The Balaban J connectivity index is 2.65. The van der Waals surface area contributed by atoms with E-state index < -0.39 is 0 Å². The molecular weight excluding hydrogens is 134 g/mol. The second-order valence-electron chi connectivity index (χ2n) is 3.10. The van der Waals surface area contributed by atoms with Gasteiger partial charge in [0.25, 0.3) is 0 Å². The molecule has 0 aromatic carbocycles. The first-order valence-electron chi connectivity index (χ1n) is 3.93. The van der Waals surface area contributed by atoms with Crippen LogP contribution < -0.4 is 0 Å². The molecule has 1 heteroatoms. The van der Waals surface area contributed by atoms with Gasteiger partial charge in [0, 0.05) is 25.4 Å². The van der Waals surface area contributed by atoms with Gasteiger partial charge in [-0.1, -0.05) is 11.6 Å². The Morgan fingerprint density at radius 2 is 2.27 bits per heavy atom. The highest BCUT2D eigenvalue weighted by atomic mass is 14.9. The van der Waals surface area contributed by atoms with Crippen molar-refractivity contribution in [3.05, 3.63) is 35.7 Å². The van der Waals surface area contributed by atoms with Gasteiger partial charge in [-0.3, -0.25) is 0 Å². The monoisotopic (exact) mass is 149 g/mol. The predicted octanol–water partition coefficient (Wildman–Crippen LogP) is 2.53. The third-order valence-corrected chi connectivity index (χ3v) is 1.77. The van der Waals surface area contributed by atoms with E-state index in [0.717, 1.165) is 6.42 Å². The van der Waals surface area contributed by atoms with E-state index in [2.05, 4.69) is 49.9 Å². The summed E-state index contributed by atoms with van der Waals surface area (Å²) in [7, 11) is 2.08. The molecule has 1 heterocycles. The highest BCUT2D eigenvalue weighted by molar-refractivity contribution is 5.11. The summed E-state index contributed by atoms with van der Waals surface area (Å²) in [6.07, 6.45) is 5.37. The van der Waals surface area contributed by atoms with Crippen molar-refractivity contribution in [2.75, 3.05) is 0 Å². The van der Waals surface area contributed by atoms with E-state index in [1.807, 2.05) is 0 Å². The normalized spacial score (nSPS) is 9.73. The molecule has 0 saturated carbocycles. The Kier molecular flexibility index (Phi) is 2.53. The Morgan fingerprint density at radius 3 is 2.73 bits per heavy atom. The van der Waals surface area contributed by atoms with Gasteiger partial charge in [0.2, 0.25) is 0 Å². The Morgan fingerprint density at radius 1 is 1.55 bits per heavy atom. The maximum absolute atomic E-state index is 2.25. The molecule has 60 valence electrons. The Labute approximate surface area is 68.4 Å². The average molecular weight is 149 g/mol. The van der Waals surface area contributed by atoms with E-state index in [1.54, 1.807) is 0 Å². The van der Waals surface area contributed by atoms with E-state index in [1.165, 1.54) is 11.3 Å². The van der Waals surface area contributed by atoms with Crippen LogP contribution in [0.5, 0.6) is 0 Å². The predicted molar refractivity (Wildman–Crippen MR) is 48.5 cm³/mol. The van der Waals surface area contributed by atoms with E-state index in [4.69, 9.17) is 0 Å². The van der Waals surface area contributed by atoms with Crippen molar-refractivity contribution in [2.24, 2.45) is 7.05 Å². The lowest BCUT2D eigenvalue weighted by Crippen LogP contribution is -1.92. The SMILES string of the molecule is CC(C)=CCc1cccn1C. The summed E-state index contributed by atoms with van der Waals surface area (Å²) in [5.41, 5.74) is 2.75. The van der Waals surface area contributed by atoms with E-state index >= 15 is 0 Å². The molecule has 0 N–H and O–H groups in total. The molecule has 11 heavy (non-hydrogen) atoms. The van der Waals surface area contributed by atoms with E-state index in [9.17, 15) is 0 Å². The minimum atomic E-state index is 1.05. The van der Waals surface area contributed by atoms with Gasteiger partial charge >= 0.3 is 0 Å². The standard InChI is InChI=1S/C10H15N/c1-9(2)6-7-10-5-4-8-11(10)3/h4-6,8H,7H2,1-3H3. The molecule has 0 aliphatic rings. The van der Waals surface area contributed by atoms with Crippen molar-refractivity contribution in [2.45, 2.75) is 20.3 Å². The highest BCUT2D eigenvalue weighted by Crippen LogP contribution is 2.02. The molecule has 0 aliphatic heterocycles. The number of aryl methyl sites for hydroxylation is 1. The molecule has 0 bridgehead atoms. The van der Waals surface area contributed by atoms with Crippen molar-refractivity contribution in [1.82, 2.24) is 4.57 Å². The lowest BCUT2D eigenvalue weighted by Gasteiger charge is -1.98. The number of nitrogens with zero attached hydrogens (tertiary/aromatic N) is 1. The molecule has 0 spiro atoms. The van der Waals surface area contributed by atoms with Crippen LogP contribution in [0, 0.1) is 0 Å². The molecule has 0 saturated heterocycles. The van der Waals surface area contributed by atoms with Crippen LogP contribution >= 0.6 is 0 Å². The first kappa shape index (κ1) is 8.12. The van der Waals surface area contributed by atoms with Gasteiger partial charge in [0.1, 0.15) is 0 Å². The van der Waals surface area contributed by atoms with Gasteiger partial charge in [0.15, 0.2) is 0 Å². The maximum Gasteiger partial charge on any atom is 0.0209 e. The van der Waals surface area contributed by atoms with Crippen molar-refractivity contribution in [1.29, 1.82) is 0 Å². The first-order chi connectivity index (χ1) is 5.20. The van der Waals surface area contributed by atoms with Crippen molar-refractivity contribution in [3.63, 3.8) is 0 Å². The zero-order chi connectivity index (χ0) is 8.27. The quantitative estimate of drug-likeness (QED) is 0.569. The zero-order valence-corrected chi connectivity index (χ0v) is 7.46. The van der Waals surface area contributed by atoms with Gasteiger partial charge in [-0.25, -0.2) is 0 Å². The maximum atomic E-state index is 2.25. The van der Waals surface area contributed by atoms with Crippen LogP contribution in [0.15, 0.2) is 30.0 Å². The number of rotatable bonds is 2. The largest absolute Gasteiger partial charge is 0.354 e. The third kappa shape index (κ3) is 2.26. The molecule has 1 aromatic heterocycles. The summed E-state index contributed by atoms with van der Waals surface area (Å²) in [6, 6.07) is 4.23. The zero-order valence-electron chi connectivity index (χ0n) is 7.46. The van der Waals surface area contributed by atoms with Gasteiger partial charge < -0.3 is 4.57 Å². The summed E-state index contributed by atoms with van der Waals surface area (Å²) in [4.78, 5) is 0. The smallest absolute Gasteiger partial charge is 0.0209 e. The molecule has 0 unspecified atom stereocenters. The molecular formula is C10H15N. The van der Waals surface area contributed by atoms with Crippen LogP contribution in [-0.4, -0.2) is 4.57 Å². The molecule has 0 radical (unpaired) electrons. The minimum Gasteiger partial charge on any atom is -0.354 e. The number of allylic oxidation sites excluding steroid dienone is 2. The average Bonchev–Trinajstić information content (AvgIpc) is 2.31. The molecule has 0 amide bonds. The number of aromatic nitrogens is 1. The molecule has 1 rings (SSSR count). The van der Waals surface area contributed by atoms with Crippen molar-refractivity contribution < 1.29 is 0 Å². The number of hydrogen-bond acceptors (Lipinski definition) is 0. The Bertz CT molecular complexity index is 252. The van der Waals surface area contributed by atoms with Gasteiger partial charge in [0.05, 0.1) is 0 Å². The molecule has 1 aromatic rings. The summed E-state index contributed by atoms with van der Waals surface area (Å²) < 4.78 is 2.15. The van der Waals surface area contributed by atoms with Crippen LogP contribution in [-0.2, 0) is 13.5 Å². The van der Waals surface area contributed by atoms with Crippen LogP contribution in [0.1, 0.15) is 19.5 Å². The van der Waals surface area contributed by atoms with Crippen LogP contribution in [0.3, 0.4) is 0 Å². The molecule has 1 nitrogen and oxygen atoms in total. The van der Waals surface area contributed by atoms with Gasteiger partial charge in [-0.2, -0.15) is 0 Å². The lowest BCUT2D eigenvalue weighted by atomic mass is 10.2. The highest BCUT2D eigenvalue weighted by Gasteiger charge is 1.92. The summed E-state index contributed by atoms with van der Waals surface area (Å²) in [5.74, 6) is 0. The Hall–Kier alpha value is -0.980. The fourth-order valence-corrected chi connectivity index (χ4v) is 1.02. The number of hydrogen-bond donors (Lipinski definition) is 0. The van der Waals surface area contributed by atoms with Crippen LogP contribution in [0.4, 0.5) is 0 Å².